The molecule has 0 heterocycles. The molecule has 0 aromatic carbocycles. The summed E-state index contributed by atoms with van der Waals surface area (Å²) < 4.78 is 0. The molecule has 0 nitrogen and oxygen atoms in total. The number of hydrogen-bond acceptors (Lipinski definition) is 0. The molecule has 0 aromatic heterocycles. The lowest BCUT2D eigenvalue weighted by atomic mass is 9.52. The number of unbranched alkanes of at least 4 members (excludes halogenated alkanes) is 1. The third-order valence-corrected chi connectivity index (χ3v) is 5.23. The fourth-order valence-corrected chi connectivity index (χ4v) is 3.96. The minimum atomic E-state index is 0.759. The molecule has 0 saturated heterocycles. The number of hydrogen-bond donors (Lipinski definition) is 0. The fraction of sp³-hybridized carbons (Fsp3) is 1.00. The third-order valence-electron chi connectivity index (χ3n) is 5.23. The van der Waals surface area contributed by atoms with E-state index in [4.69, 9.17) is 0 Å². The van der Waals surface area contributed by atoms with Gasteiger partial charge in [-0.15, -0.1) is 0 Å². The van der Waals surface area contributed by atoms with Crippen molar-refractivity contribution in [3.05, 3.63) is 0 Å². The molecule has 2 rings (SSSR count). The monoisotopic (exact) mass is 180 g/mol. The molecule has 0 radical (unpaired) electrons. The van der Waals surface area contributed by atoms with Crippen LogP contribution >= 0.6 is 0 Å². The maximum Gasteiger partial charge on any atom is -0.0243 e. The Morgan fingerprint density at radius 1 is 1.31 bits per heavy atom. The van der Waals surface area contributed by atoms with Crippen LogP contribution in [0.15, 0.2) is 0 Å². The Hall–Kier alpha value is 0. The minimum absolute atomic E-state index is 0.759. The van der Waals surface area contributed by atoms with Crippen LogP contribution in [0, 0.1) is 23.2 Å². The highest BCUT2D eigenvalue weighted by Crippen LogP contribution is 2.64. The second-order valence-electron chi connectivity index (χ2n) is 5.62. The topological polar surface area (TPSA) is 0 Å². The van der Waals surface area contributed by atoms with Crippen molar-refractivity contribution in [2.75, 3.05) is 0 Å². The Morgan fingerprint density at radius 3 is 2.69 bits per heavy atom. The molecular weight excluding hydrogens is 156 g/mol. The molecule has 2 saturated carbocycles. The van der Waals surface area contributed by atoms with E-state index in [9.17, 15) is 0 Å². The lowest BCUT2D eigenvalue weighted by Crippen LogP contribution is -2.45. The molecule has 0 aromatic rings. The standard InChI is InChI=1S/C13H24/c1-4-5-6-11-7-8-12-9-10(2)13(11,12)3/h10-12H,4-9H2,1-3H3. The van der Waals surface area contributed by atoms with Gasteiger partial charge < -0.3 is 0 Å². The molecular formula is C13H24. The summed E-state index contributed by atoms with van der Waals surface area (Å²) in [5.41, 5.74) is 0.759. The summed E-state index contributed by atoms with van der Waals surface area (Å²) in [4.78, 5) is 0. The largest absolute Gasteiger partial charge is 0.0654 e. The van der Waals surface area contributed by atoms with Gasteiger partial charge in [0, 0.05) is 0 Å². The van der Waals surface area contributed by atoms with E-state index in [-0.39, 0.29) is 0 Å². The average molecular weight is 180 g/mol. The van der Waals surface area contributed by atoms with Gasteiger partial charge in [-0.05, 0) is 48.9 Å². The van der Waals surface area contributed by atoms with Crippen LogP contribution in [0.3, 0.4) is 0 Å². The summed E-state index contributed by atoms with van der Waals surface area (Å²) >= 11 is 0. The first-order valence-corrected chi connectivity index (χ1v) is 6.19. The van der Waals surface area contributed by atoms with Gasteiger partial charge in [0.1, 0.15) is 0 Å². The Balaban J connectivity index is 1.97. The van der Waals surface area contributed by atoms with Gasteiger partial charge >= 0.3 is 0 Å². The van der Waals surface area contributed by atoms with E-state index >= 15 is 0 Å². The van der Waals surface area contributed by atoms with Crippen molar-refractivity contribution in [2.45, 2.75) is 59.3 Å². The van der Waals surface area contributed by atoms with E-state index in [0.717, 1.165) is 23.2 Å². The molecule has 0 heteroatoms. The minimum Gasteiger partial charge on any atom is -0.0654 e. The highest BCUT2D eigenvalue weighted by Gasteiger charge is 2.56. The van der Waals surface area contributed by atoms with E-state index in [1.165, 1.54) is 38.5 Å². The van der Waals surface area contributed by atoms with Crippen LogP contribution in [0.5, 0.6) is 0 Å². The molecule has 2 aliphatic rings. The van der Waals surface area contributed by atoms with Crippen molar-refractivity contribution in [3.63, 3.8) is 0 Å². The molecule has 0 N–H and O–H groups in total. The summed E-state index contributed by atoms with van der Waals surface area (Å²) in [6, 6.07) is 0. The van der Waals surface area contributed by atoms with Crippen LogP contribution < -0.4 is 0 Å². The van der Waals surface area contributed by atoms with E-state index in [0.29, 0.717) is 0 Å². The van der Waals surface area contributed by atoms with Gasteiger partial charge in [0.2, 0.25) is 0 Å². The third kappa shape index (κ3) is 1.25. The van der Waals surface area contributed by atoms with Crippen molar-refractivity contribution in [2.24, 2.45) is 23.2 Å². The molecule has 4 unspecified atom stereocenters. The molecule has 13 heavy (non-hydrogen) atoms. The molecule has 0 amide bonds. The van der Waals surface area contributed by atoms with Gasteiger partial charge in [-0.2, -0.15) is 0 Å². The van der Waals surface area contributed by atoms with Crippen molar-refractivity contribution in [3.8, 4) is 0 Å². The smallest absolute Gasteiger partial charge is 0.0243 e. The van der Waals surface area contributed by atoms with Gasteiger partial charge in [-0.25, -0.2) is 0 Å². The molecule has 2 aliphatic carbocycles. The van der Waals surface area contributed by atoms with Crippen molar-refractivity contribution < 1.29 is 0 Å². The van der Waals surface area contributed by atoms with Crippen LogP contribution in [0.1, 0.15) is 59.3 Å². The van der Waals surface area contributed by atoms with Crippen molar-refractivity contribution in [1.82, 2.24) is 0 Å². The summed E-state index contributed by atoms with van der Waals surface area (Å²) in [6.07, 6.45) is 8.94. The van der Waals surface area contributed by atoms with Crippen molar-refractivity contribution in [1.29, 1.82) is 0 Å². The van der Waals surface area contributed by atoms with Crippen LogP contribution in [0.2, 0.25) is 0 Å². The predicted octanol–water partition coefficient (Wildman–Crippen LogP) is 4.25. The summed E-state index contributed by atoms with van der Waals surface area (Å²) in [7, 11) is 0. The Labute approximate surface area is 83.1 Å². The van der Waals surface area contributed by atoms with Crippen LogP contribution in [-0.2, 0) is 0 Å². The second-order valence-corrected chi connectivity index (χ2v) is 5.62. The van der Waals surface area contributed by atoms with Crippen LogP contribution in [-0.4, -0.2) is 0 Å². The first-order chi connectivity index (χ1) is 6.19. The zero-order valence-corrected chi connectivity index (χ0v) is 9.47. The van der Waals surface area contributed by atoms with Crippen LogP contribution in [0.25, 0.3) is 0 Å². The molecule has 4 atom stereocenters. The first-order valence-electron chi connectivity index (χ1n) is 6.19. The molecule has 0 spiro atoms. The number of fused-ring (bicyclic) bond motifs is 1. The van der Waals surface area contributed by atoms with Crippen molar-refractivity contribution >= 4 is 0 Å². The van der Waals surface area contributed by atoms with Gasteiger partial charge in [-0.1, -0.05) is 33.6 Å². The number of rotatable bonds is 3. The molecule has 0 aliphatic heterocycles. The lowest BCUT2D eigenvalue weighted by Gasteiger charge is -2.52. The summed E-state index contributed by atoms with van der Waals surface area (Å²) in [5.74, 6) is 3.19. The summed E-state index contributed by atoms with van der Waals surface area (Å²) in [5, 5.41) is 0. The maximum atomic E-state index is 2.57. The molecule has 2 fully saturated rings. The average Bonchev–Trinajstić information content (AvgIpc) is 2.38. The van der Waals surface area contributed by atoms with Gasteiger partial charge in [-0.3, -0.25) is 0 Å². The second kappa shape index (κ2) is 3.29. The molecule has 0 bridgehead atoms. The Morgan fingerprint density at radius 2 is 2.08 bits per heavy atom. The maximum absolute atomic E-state index is 2.57. The first kappa shape index (κ1) is 9.55. The zero-order valence-electron chi connectivity index (χ0n) is 9.47. The normalized spacial score (nSPS) is 48.7. The fourth-order valence-electron chi connectivity index (χ4n) is 3.96. The van der Waals surface area contributed by atoms with E-state index in [2.05, 4.69) is 20.8 Å². The SMILES string of the molecule is CCCCC1CCC2CC(C)C12C. The highest BCUT2D eigenvalue weighted by molar-refractivity contribution is 5.05. The zero-order chi connectivity index (χ0) is 9.47. The van der Waals surface area contributed by atoms with Gasteiger partial charge in [0.25, 0.3) is 0 Å². The highest BCUT2D eigenvalue weighted by atomic mass is 14.6. The lowest BCUT2D eigenvalue weighted by molar-refractivity contribution is -0.0370. The quantitative estimate of drug-likeness (QED) is 0.609. The van der Waals surface area contributed by atoms with E-state index in [1.807, 2.05) is 0 Å². The predicted molar refractivity (Wildman–Crippen MR) is 57.6 cm³/mol. The van der Waals surface area contributed by atoms with E-state index in [1.54, 1.807) is 0 Å². The Kier molecular flexibility index (Phi) is 2.42. The van der Waals surface area contributed by atoms with Gasteiger partial charge in [0.15, 0.2) is 0 Å². The Bertz CT molecular complexity index is 184. The molecule has 76 valence electrons. The van der Waals surface area contributed by atoms with E-state index < -0.39 is 0 Å². The summed E-state index contributed by atoms with van der Waals surface area (Å²) in [6.45, 7) is 7.36. The van der Waals surface area contributed by atoms with Gasteiger partial charge in [0.05, 0.1) is 0 Å². The van der Waals surface area contributed by atoms with Crippen LogP contribution in [0.4, 0.5) is 0 Å².